The van der Waals surface area contributed by atoms with E-state index < -0.39 is 5.60 Å². The van der Waals surface area contributed by atoms with Gasteiger partial charge in [0.2, 0.25) is 0 Å². The molecule has 0 saturated carbocycles. The van der Waals surface area contributed by atoms with Crippen LogP contribution < -0.4 is 0 Å². The van der Waals surface area contributed by atoms with Gasteiger partial charge in [-0.1, -0.05) is 18.2 Å². The van der Waals surface area contributed by atoms with E-state index in [1.54, 1.807) is 24.3 Å². The smallest absolute Gasteiger partial charge is 0.0954 e. The lowest BCUT2D eigenvalue weighted by atomic mass is 9.91. The summed E-state index contributed by atoms with van der Waals surface area (Å²) in [6.45, 7) is 3.53. The minimum absolute atomic E-state index is 0.219. The number of hydrogen-bond donors (Lipinski definition) is 2. The van der Waals surface area contributed by atoms with Crippen LogP contribution in [0, 0.1) is 0 Å². The number of rotatable bonds is 2. The van der Waals surface area contributed by atoms with E-state index in [1.165, 1.54) is 0 Å². The second kappa shape index (κ2) is 2.93. The summed E-state index contributed by atoms with van der Waals surface area (Å²) in [6.07, 6.45) is 7.31. The Labute approximate surface area is 66.2 Å². The van der Waals surface area contributed by atoms with Crippen LogP contribution in [0.4, 0.5) is 0 Å². The molecule has 1 aliphatic carbocycles. The van der Waals surface area contributed by atoms with Crippen molar-refractivity contribution < 1.29 is 10.2 Å². The van der Waals surface area contributed by atoms with Crippen molar-refractivity contribution in [2.45, 2.75) is 18.4 Å². The fourth-order valence-electron chi connectivity index (χ4n) is 1.16. The van der Waals surface area contributed by atoms with Crippen molar-refractivity contribution >= 4 is 0 Å². The van der Waals surface area contributed by atoms with E-state index >= 15 is 0 Å². The molecule has 2 nitrogen and oxygen atoms in total. The van der Waals surface area contributed by atoms with E-state index in [0.29, 0.717) is 6.42 Å². The Balaban J connectivity index is 2.69. The standard InChI is InChI=1S/C9H12O2/c1-2-5-9(11)6-3-4-8(10)7-9/h2-4,6,10-11H,1,5,7H2. The lowest BCUT2D eigenvalue weighted by Gasteiger charge is -2.24. The maximum absolute atomic E-state index is 9.68. The predicted molar refractivity (Wildman–Crippen MR) is 44.2 cm³/mol. The molecule has 0 heterocycles. The van der Waals surface area contributed by atoms with Crippen LogP contribution in [0.1, 0.15) is 12.8 Å². The van der Waals surface area contributed by atoms with Gasteiger partial charge in [-0.15, -0.1) is 6.58 Å². The average molecular weight is 152 g/mol. The van der Waals surface area contributed by atoms with Gasteiger partial charge in [0, 0.05) is 6.42 Å². The molecule has 1 rings (SSSR count). The van der Waals surface area contributed by atoms with Crippen LogP contribution in [0.2, 0.25) is 0 Å². The summed E-state index contributed by atoms with van der Waals surface area (Å²) >= 11 is 0. The topological polar surface area (TPSA) is 40.5 Å². The molecule has 2 heteroatoms. The van der Waals surface area contributed by atoms with Crippen molar-refractivity contribution in [3.05, 3.63) is 36.6 Å². The van der Waals surface area contributed by atoms with Crippen molar-refractivity contribution in [3.63, 3.8) is 0 Å². The van der Waals surface area contributed by atoms with E-state index in [0.717, 1.165) is 0 Å². The summed E-state index contributed by atoms with van der Waals surface area (Å²) in [7, 11) is 0. The Kier molecular flexibility index (Phi) is 2.15. The van der Waals surface area contributed by atoms with Crippen LogP contribution in [-0.2, 0) is 0 Å². The predicted octanol–water partition coefficient (Wildman–Crippen LogP) is 1.70. The Morgan fingerprint density at radius 1 is 1.73 bits per heavy atom. The Bertz CT molecular complexity index is 216. The molecule has 0 spiro atoms. The molecule has 60 valence electrons. The molecule has 11 heavy (non-hydrogen) atoms. The first-order chi connectivity index (χ1) is 5.16. The summed E-state index contributed by atoms with van der Waals surface area (Å²) in [5.41, 5.74) is -0.916. The van der Waals surface area contributed by atoms with Crippen LogP contribution in [-0.4, -0.2) is 15.8 Å². The zero-order valence-corrected chi connectivity index (χ0v) is 6.33. The summed E-state index contributed by atoms with van der Waals surface area (Å²) in [5.74, 6) is 0.219. The number of aliphatic hydroxyl groups excluding tert-OH is 1. The normalized spacial score (nSPS) is 29.7. The zero-order valence-electron chi connectivity index (χ0n) is 6.33. The van der Waals surface area contributed by atoms with Gasteiger partial charge in [0.1, 0.15) is 0 Å². The highest BCUT2D eigenvalue weighted by molar-refractivity contribution is 5.21. The van der Waals surface area contributed by atoms with Crippen molar-refractivity contribution in [2.24, 2.45) is 0 Å². The Morgan fingerprint density at radius 3 is 3.00 bits per heavy atom. The highest BCUT2D eigenvalue weighted by Crippen LogP contribution is 2.24. The van der Waals surface area contributed by atoms with Crippen LogP contribution in [0.25, 0.3) is 0 Å². The lowest BCUT2D eigenvalue weighted by molar-refractivity contribution is 0.0804. The minimum Gasteiger partial charge on any atom is -0.512 e. The van der Waals surface area contributed by atoms with Gasteiger partial charge < -0.3 is 10.2 Å². The second-order valence-corrected chi connectivity index (χ2v) is 2.79. The van der Waals surface area contributed by atoms with Gasteiger partial charge >= 0.3 is 0 Å². The maximum atomic E-state index is 9.68. The molecule has 1 atom stereocenters. The molecule has 0 bridgehead atoms. The molecule has 0 radical (unpaired) electrons. The van der Waals surface area contributed by atoms with E-state index in [1.807, 2.05) is 0 Å². The summed E-state index contributed by atoms with van der Waals surface area (Å²) in [5, 5.41) is 18.8. The zero-order chi connectivity index (χ0) is 8.32. The van der Waals surface area contributed by atoms with E-state index in [9.17, 15) is 5.11 Å². The van der Waals surface area contributed by atoms with E-state index in [4.69, 9.17) is 5.11 Å². The molecule has 2 N–H and O–H groups in total. The van der Waals surface area contributed by atoms with Crippen LogP contribution in [0.5, 0.6) is 0 Å². The fraction of sp³-hybridized carbons (Fsp3) is 0.333. The van der Waals surface area contributed by atoms with E-state index in [-0.39, 0.29) is 12.2 Å². The molecule has 0 amide bonds. The number of aliphatic hydroxyl groups is 2. The molecule has 0 aliphatic heterocycles. The molecule has 0 aromatic rings. The quantitative estimate of drug-likeness (QED) is 0.591. The Hall–Kier alpha value is -1.02. The monoisotopic (exact) mass is 152 g/mol. The molecule has 0 saturated heterocycles. The highest BCUT2D eigenvalue weighted by atomic mass is 16.3. The molecule has 1 aliphatic rings. The van der Waals surface area contributed by atoms with Gasteiger partial charge in [-0.2, -0.15) is 0 Å². The molecule has 0 fully saturated rings. The SMILES string of the molecule is C=CCC1(O)C=CC=C(O)C1. The highest BCUT2D eigenvalue weighted by Gasteiger charge is 2.24. The second-order valence-electron chi connectivity index (χ2n) is 2.79. The van der Waals surface area contributed by atoms with E-state index in [2.05, 4.69) is 6.58 Å². The third-order valence-electron chi connectivity index (χ3n) is 1.68. The molecule has 0 aromatic heterocycles. The van der Waals surface area contributed by atoms with Crippen molar-refractivity contribution in [2.75, 3.05) is 0 Å². The van der Waals surface area contributed by atoms with Crippen LogP contribution >= 0.6 is 0 Å². The first kappa shape index (κ1) is 8.08. The van der Waals surface area contributed by atoms with Crippen LogP contribution in [0.3, 0.4) is 0 Å². The van der Waals surface area contributed by atoms with Gasteiger partial charge in [-0.05, 0) is 12.5 Å². The first-order valence-corrected chi connectivity index (χ1v) is 3.57. The van der Waals surface area contributed by atoms with Gasteiger partial charge in [0.15, 0.2) is 0 Å². The fourth-order valence-corrected chi connectivity index (χ4v) is 1.16. The summed E-state index contributed by atoms with van der Waals surface area (Å²) in [6, 6.07) is 0. The largest absolute Gasteiger partial charge is 0.512 e. The van der Waals surface area contributed by atoms with Gasteiger partial charge in [-0.25, -0.2) is 0 Å². The van der Waals surface area contributed by atoms with Gasteiger partial charge in [0.05, 0.1) is 11.4 Å². The molecule has 0 aromatic carbocycles. The average Bonchev–Trinajstić information content (AvgIpc) is 1.86. The summed E-state index contributed by atoms with van der Waals surface area (Å²) < 4.78 is 0. The third kappa shape index (κ3) is 1.95. The number of allylic oxidation sites excluding steroid dienone is 2. The first-order valence-electron chi connectivity index (χ1n) is 3.57. The minimum atomic E-state index is -0.916. The van der Waals surface area contributed by atoms with Crippen molar-refractivity contribution in [3.8, 4) is 0 Å². The maximum Gasteiger partial charge on any atom is 0.0954 e. The van der Waals surface area contributed by atoms with Crippen molar-refractivity contribution in [1.29, 1.82) is 0 Å². The van der Waals surface area contributed by atoms with Crippen LogP contribution in [0.15, 0.2) is 36.6 Å². The number of hydrogen-bond acceptors (Lipinski definition) is 2. The lowest BCUT2D eigenvalue weighted by Crippen LogP contribution is -2.27. The molecule has 1 unspecified atom stereocenters. The summed E-state index contributed by atoms with van der Waals surface area (Å²) in [4.78, 5) is 0. The molecular formula is C9H12O2. The van der Waals surface area contributed by atoms with Gasteiger partial charge in [-0.3, -0.25) is 0 Å². The molecular weight excluding hydrogens is 140 g/mol. The third-order valence-corrected chi connectivity index (χ3v) is 1.68. The Morgan fingerprint density at radius 2 is 2.45 bits per heavy atom. The van der Waals surface area contributed by atoms with Crippen molar-refractivity contribution in [1.82, 2.24) is 0 Å². The van der Waals surface area contributed by atoms with Gasteiger partial charge in [0.25, 0.3) is 0 Å².